The Hall–Kier alpha value is -0.890. The molecule has 17 heavy (non-hydrogen) atoms. The Morgan fingerprint density at radius 1 is 1.29 bits per heavy atom. The smallest absolute Gasteiger partial charge is 0.0372 e. The van der Waals surface area contributed by atoms with Crippen LogP contribution in [0.3, 0.4) is 0 Å². The Kier molecular flexibility index (Phi) is 4.70. The van der Waals surface area contributed by atoms with Gasteiger partial charge in [0.15, 0.2) is 0 Å². The summed E-state index contributed by atoms with van der Waals surface area (Å²) in [5.74, 6) is 0.668. The number of aryl methyl sites for hydroxylation is 1. The van der Waals surface area contributed by atoms with Gasteiger partial charge in [0, 0.05) is 17.9 Å². The third-order valence-corrected chi connectivity index (χ3v) is 3.75. The molecule has 0 fully saturated rings. The van der Waals surface area contributed by atoms with Gasteiger partial charge in [-0.1, -0.05) is 33.8 Å². The molecule has 0 aromatic carbocycles. The Bertz CT molecular complexity index is 335. The molecule has 1 aromatic rings. The second kappa shape index (κ2) is 5.63. The summed E-state index contributed by atoms with van der Waals surface area (Å²) in [6.07, 6.45) is 3.14. The van der Waals surface area contributed by atoms with Crippen LogP contribution >= 0.6 is 0 Å². The van der Waals surface area contributed by atoms with Crippen LogP contribution in [0.15, 0.2) is 18.3 Å². The Morgan fingerprint density at radius 2 is 1.94 bits per heavy atom. The Morgan fingerprint density at radius 3 is 2.35 bits per heavy atom. The van der Waals surface area contributed by atoms with Crippen LogP contribution < -0.4 is 5.32 Å². The average molecular weight is 234 g/mol. The molecule has 0 radical (unpaired) electrons. The van der Waals surface area contributed by atoms with Gasteiger partial charge < -0.3 is 5.32 Å². The molecule has 0 aliphatic carbocycles. The van der Waals surface area contributed by atoms with Gasteiger partial charge in [-0.2, -0.15) is 0 Å². The molecule has 0 spiro atoms. The minimum Gasteiger partial charge on any atom is -0.313 e. The molecule has 0 amide bonds. The highest BCUT2D eigenvalue weighted by molar-refractivity contribution is 5.17. The van der Waals surface area contributed by atoms with Crippen LogP contribution in [0.2, 0.25) is 0 Å². The predicted molar refractivity (Wildman–Crippen MR) is 74.0 cm³/mol. The third-order valence-electron chi connectivity index (χ3n) is 3.75. The summed E-state index contributed by atoms with van der Waals surface area (Å²) in [6, 6.07) is 4.66. The van der Waals surface area contributed by atoms with Crippen molar-refractivity contribution < 1.29 is 0 Å². The van der Waals surface area contributed by atoms with E-state index >= 15 is 0 Å². The molecular weight excluding hydrogens is 208 g/mol. The number of pyridine rings is 1. The van der Waals surface area contributed by atoms with E-state index in [9.17, 15) is 0 Å². The minimum absolute atomic E-state index is 0.354. The predicted octanol–water partition coefficient (Wildman–Crippen LogP) is 3.72. The maximum Gasteiger partial charge on any atom is 0.0372 e. The van der Waals surface area contributed by atoms with E-state index in [1.165, 1.54) is 5.56 Å². The van der Waals surface area contributed by atoms with Crippen molar-refractivity contribution in [2.24, 2.45) is 11.3 Å². The van der Waals surface area contributed by atoms with E-state index in [2.05, 4.69) is 50.1 Å². The topological polar surface area (TPSA) is 24.9 Å². The molecule has 1 rings (SSSR count). The highest BCUT2D eigenvalue weighted by Crippen LogP contribution is 2.32. The number of hydrogen-bond donors (Lipinski definition) is 1. The van der Waals surface area contributed by atoms with E-state index in [1.807, 2.05) is 20.2 Å². The van der Waals surface area contributed by atoms with Gasteiger partial charge in [0.1, 0.15) is 0 Å². The number of hydrogen-bond acceptors (Lipinski definition) is 2. The number of rotatable bonds is 4. The van der Waals surface area contributed by atoms with Crippen molar-refractivity contribution in [1.29, 1.82) is 0 Å². The van der Waals surface area contributed by atoms with Gasteiger partial charge in [0.2, 0.25) is 0 Å². The van der Waals surface area contributed by atoms with Gasteiger partial charge in [-0.15, -0.1) is 0 Å². The molecule has 0 bridgehead atoms. The first-order valence-corrected chi connectivity index (χ1v) is 6.44. The molecule has 0 saturated carbocycles. The first-order valence-electron chi connectivity index (χ1n) is 6.44. The fourth-order valence-electron chi connectivity index (χ4n) is 1.81. The molecule has 1 heterocycles. The fraction of sp³-hybridized carbons (Fsp3) is 0.667. The van der Waals surface area contributed by atoms with Gasteiger partial charge >= 0.3 is 0 Å². The molecule has 2 nitrogen and oxygen atoms in total. The van der Waals surface area contributed by atoms with E-state index in [4.69, 9.17) is 0 Å². The van der Waals surface area contributed by atoms with Crippen molar-refractivity contribution in [2.45, 2.75) is 47.1 Å². The number of nitrogens with one attached hydrogen (secondary N) is 1. The van der Waals surface area contributed by atoms with Crippen LogP contribution in [0.5, 0.6) is 0 Å². The fourth-order valence-corrected chi connectivity index (χ4v) is 1.81. The van der Waals surface area contributed by atoms with Gasteiger partial charge in [-0.05, 0) is 43.4 Å². The summed E-state index contributed by atoms with van der Waals surface area (Å²) in [4.78, 5) is 4.38. The summed E-state index contributed by atoms with van der Waals surface area (Å²) in [6.45, 7) is 11.3. The Balaban J connectivity index is 2.75. The van der Waals surface area contributed by atoms with E-state index < -0.39 is 0 Å². The standard InChI is InChI=1S/C15H26N2/c1-11(15(3,4)5)9-14(16-6)13-8-7-12(2)17-10-13/h7-8,10-11,14,16H,9H2,1-6H3. The molecule has 1 aromatic heterocycles. The van der Waals surface area contributed by atoms with E-state index in [0.29, 0.717) is 17.4 Å². The van der Waals surface area contributed by atoms with Crippen molar-refractivity contribution in [3.63, 3.8) is 0 Å². The summed E-state index contributed by atoms with van der Waals surface area (Å²) < 4.78 is 0. The lowest BCUT2D eigenvalue weighted by Gasteiger charge is -2.30. The maximum absolute atomic E-state index is 4.38. The number of nitrogens with zero attached hydrogens (tertiary/aromatic N) is 1. The highest BCUT2D eigenvalue weighted by Gasteiger charge is 2.23. The van der Waals surface area contributed by atoms with Crippen LogP contribution in [0.1, 0.15) is 51.4 Å². The lowest BCUT2D eigenvalue weighted by molar-refractivity contribution is 0.226. The van der Waals surface area contributed by atoms with Gasteiger partial charge in [-0.3, -0.25) is 4.98 Å². The zero-order valence-corrected chi connectivity index (χ0v) is 12.0. The van der Waals surface area contributed by atoms with Crippen molar-refractivity contribution in [1.82, 2.24) is 10.3 Å². The number of aromatic nitrogens is 1. The summed E-state index contributed by atoms with van der Waals surface area (Å²) >= 11 is 0. The summed E-state index contributed by atoms with van der Waals surface area (Å²) in [5.41, 5.74) is 2.72. The van der Waals surface area contributed by atoms with Crippen LogP contribution in [0, 0.1) is 18.3 Å². The lowest BCUT2D eigenvalue weighted by atomic mass is 9.78. The molecule has 2 heteroatoms. The second-order valence-electron chi connectivity index (χ2n) is 6.08. The molecule has 0 saturated heterocycles. The summed E-state index contributed by atoms with van der Waals surface area (Å²) in [7, 11) is 2.03. The largest absolute Gasteiger partial charge is 0.313 e. The van der Waals surface area contributed by atoms with Crippen LogP contribution in [-0.2, 0) is 0 Å². The van der Waals surface area contributed by atoms with Crippen molar-refractivity contribution in [2.75, 3.05) is 7.05 Å². The van der Waals surface area contributed by atoms with E-state index in [0.717, 1.165) is 12.1 Å². The Labute approximate surface area is 106 Å². The van der Waals surface area contributed by atoms with Gasteiger partial charge in [0.25, 0.3) is 0 Å². The third kappa shape index (κ3) is 4.12. The minimum atomic E-state index is 0.354. The average Bonchev–Trinajstić information content (AvgIpc) is 2.25. The van der Waals surface area contributed by atoms with E-state index in [1.54, 1.807) is 0 Å². The van der Waals surface area contributed by atoms with Crippen LogP contribution in [-0.4, -0.2) is 12.0 Å². The van der Waals surface area contributed by atoms with Crippen molar-refractivity contribution in [3.05, 3.63) is 29.6 Å². The van der Waals surface area contributed by atoms with Gasteiger partial charge in [0.05, 0.1) is 0 Å². The zero-order chi connectivity index (χ0) is 13.1. The van der Waals surface area contributed by atoms with Crippen molar-refractivity contribution in [3.8, 4) is 0 Å². The molecular formula is C15H26N2. The zero-order valence-electron chi connectivity index (χ0n) is 12.0. The van der Waals surface area contributed by atoms with Crippen LogP contribution in [0.4, 0.5) is 0 Å². The first kappa shape index (κ1) is 14.2. The molecule has 0 aliphatic rings. The van der Waals surface area contributed by atoms with E-state index in [-0.39, 0.29) is 0 Å². The maximum atomic E-state index is 4.38. The molecule has 2 unspecified atom stereocenters. The normalized spacial score (nSPS) is 15.6. The molecule has 1 N–H and O–H groups in total. The quantitative estimate of drug-likeness (QED) is 0.858. The summed E-state index contributed by atoms with van der Waals surface area (Å²) in [5, 5.41) is 3.40. The SMILES string of the molecule is CNC(CC(C)C(C)(C)C)c1ccc(C)nc1. The highest BCUT2D eigenvalue weighted by atomic mass is 14.9. The molecule has 2 atom stereocenters. The van der Waals surface area contributed by atoms with Gasteiger partial charge in [-0.25, -0.2) is 0 Å². The first-order chi connectivity index (χ1) is 7.84. The van der Waals surface area contributed by atoms with Crippen LogP contribution in [0.25, 0.3) is 0 Å². The molecule has 0 aliphatic heterocycles. The lowest BCUT2D eigenvalue weighted by Crippen LogP contribution is -2.25. The monoisotopic (exact) mass is 234 g/mol. The molecule has 96 valence electrons. The second-order valence-corrected chi connectivity index (χ2v) is 6.08. The van der Waals surface area contributed by atoms with Crippen molar-refractivity contribution >= 4 is 0 Å².